The number of ether oxygens (including phenoxy) is 3. The number of carboxylic acids is 1. The monoisotopic (exact) mass is 631 g/mol. The first-order valence-corrected chi connectivity index (χ1v) is 14.8. The molecule has 3 aliphatic rings. The molecule has 1 saturated heterocycles. The van der Waals surface area contributed by atoms with Gasteiger partial charge in [-0.3, -0.25) is 9.69 Å². The van der Waals surface area contributed by atoms with Crippen LogP contribution in [0.2, 0.25) is 0 Å². The number of benzene rings is 2. The molecule has 0 bridgehead atoms. The summed E-state index contributed by atoms with van der Waals surface area (Å²) in [6, 6.07) is 8.42. The van der Waals surface area contributed by atoms with Crippen LogP contribution in [0, 0.1) is 11.7 Å². The smallest absolute Gasteiger partial charge is 0.489 e. The second-order valence-electron chi connectivity index (χ2n) is 11.5. The third kappa shape index (κ3) is 7.22. The fourth-order valence-corrected chi connectivity index (χ4v) is 6.00. The van der Waals surface area contributed by atoms with Crippen molar-refractivity contribution < 1.29 is 41.7 Å². The summed E-state index contributed by atoms with van der Waals surface area (Å²) >= 11 is 0. The molecule has 6 rings (SSSR count). The number of aryl methyl sites for hydroxylation is 1. The predicted octanol–water partition coefficient (Wildman–Crippen LogP) is 4.44. The van der Waals surface area contributed by atoms with Crippen LogP contribution in [0.1, 0.15) is 29.5 Å². The standard InChI is InChI=1S/C31H33F4N5O5/c32-26-16-22(45-31(33,34)35)3-1-19(26)17-44-21-4-6-24-18(13-21)2-5-25-27(24)37-30(36)38-28(25)40-9-7-39(8-10-40)11-12-43-23-14-20(15-23)29(41)42/h1,3-4,6,13,16,20,23H,2,5,7-12,14-15,17H2,(H,41,42)(H2,36,37,38). The van der Waals surface area contributed by atoms with Crippen molar-refractivity contribution in [3.05, 3.63) is 58.9 Å². The number of fused-ring (bicyclic) bond motifs is 3. The van der Waals surface area contributed by atoms with Gasteiger partial charge in [-0.25, -0.2) is 9.37 Å². The highest BCUT2D eigenvalue weighted by atomic mass is 19.4. The molecular formula is C31H33F4N5O5. The van der Waals surface area contributed by atoms with E-state index in [0.717, 1.165) is 67.0 Å². The molecule has 0 amide bonds. The average Bonchev–Trinajstić information content (AvgIpc) is 2.96. The Kier molecular flexibility index (Phi) is 8.69. The lowest BCUT2D eigenvalue weighted by atomic mass is 9.82. The Balaban J connectivity index is 1.06. The lowest BCUT2D eigenvalue weighted by Gasteiger charge is -2.38. The van der Waals surface area contributed by atoms with Gasteiger partial charge in [0.2, 0.25) is 5.95 Å². The topological polar surface area (TPSA) is 123 Å². The first kappa shape index (κ1) is 30.8. The van der Waals surface area contributed by atoms with Crippen LogP contribution in [0.5, 0.6) is 11.5 Å². The van der Waals surface area contributed by atoms with E-state index in [1.54, 1.807) is 6.07 Å². The third-order valence-electron chi connectivity index (χ3n) is 8.51. The number of hydrogen-bond acceptors (Lipinski definition) is 9. The Hall–Kier alpha value is -4.17. The van der Waals surface area contributed by atoms with Crippen LogP contribution in [0.15, 0.2) is 36.4 Å². The molecule has 1 saturated carbocycles. The molecule has 0 atom stereocenters. The van der Waals surface area contributed by atoms with Crippen LogP contribution in [-0.2, 0) is 29.0 Å². The first-order valence-electron chi connectivity index (χ1n) is 14.8. The van der Waals surface area contributed by atoms with E-state index < -0.39 is 23.9 Å². The summed E-state index contributed by atoms with van der Waals surface area (Å²) in [7, 11) is 0. The second kappa shape index (κ2) is 12.7. The van der Waals surface area contributed by atoms with Gasteiger partial charge in [0.05, 0.1) is 24.3 Å². The summed E-state index contributed by atoms with van der Waals surface area (Å²) in [5, 5.41) is 9.02. The van der Waals surface area contributed by atoms with Crippen molar-refractivity contribution >= 4 is 17.7 Å². The summed E-state index contributed by atoms with van der Waals surface area (Å²) in [6.45, 7) is 4.40. The average molecular weight is 632 g/mol. The number of rotatable bonds is 10. The molecule has 0 spiro atoms. The van der Waals surface area contributed by atoms with E-state index in [0.29, 0.717) is 44.1 Å². The molecule has 2 fully saturated rings. The van der Waals surface area contributed by atoms with Crippen molar-refractivity contribution in [1.29, 1.82) is 0 Å². The van der Waals surface area contributed by atoms with Crippen LogP contribution in [-0.4, -0.2) is 77.7 Å². The van der Waals surface area contributed by atoms with Crippen molar-refractivity contribution in [3.63, 3.8) is 0 Å². The second-order valence-corrected chi connectivity index (χ2v) is 11.5. The maximum Gasteiger partial charge on any atom is 0.573 e. The normalized spacial score (nSPS) is 19.8. The number of aromatic nitrogens is 2. The molecule has 14 heteroatoms. The van der Waals surface area contributed by atoms with E-state index in [2.05, 4.69) is 24.5 Å². The molecular weight excluding hydrogens is 598 g/mol. The van der Waals surface area contributed by atoms with Crippen molar-refractivity contribution in [2.24, 2.45) is 5.92 Å². The third-order valence-corrected chi connectivity index (χ3v) is 8.51. The van der Waals surface area contributed by atoms with Crippen molar-refractivity contribution in [1.82, 2.24) is 14.9 Å². The van der Waals surface area contributed by atoms with Crippen molar-refractivity contribution in [2.75, 3.05) is 50.0 Å². The maximum atomic E-state index is 14.4. The molecule has 10 nitrogen and oxygen atoms in total. The molecule has 2 aliphatic carbocycles. The summed E-state index contributed by atoms with van der Waals surface area (Å²) in [4.78, 5) is 24.7. The number of nitrogen functional groups attached to an aromatic ring is 1. The molecule has 0 unspecified atom stereocenters. The largest absolute Gasteiger partial charge is 0.573 e. The zero-order valence-corrected chi connectivity index (χ0v) is 24.4. The van der Waals surface area contributed by atoms with Crippen LogP contribution < -0.4 is 20.1 Å². The van der Waals surface area contributed by atoms with Crippen molar-refractivity contribution in [3.8, 4) is 22.8 Å². The van der Waals surface area contributed by atoms with Gasteiger partial charge in [0.1, 0.15) is 29.7 Å². The number of nitrogens with two attached hydrogens (primary N) is 1. The zero-order valence-electron chi connectivity index (χ0n) is 24.4. The molecule has 3 N–H and O–H groups in total. The number of hydrogen-bond donors (Lipinski definition) is 2. The minimum atomic E-state index is -4.90. The fraction of sp³-hybridized carbons (Fsp3) is 0.452. The summed E-state index contributed by atoms with van der Waals surface area (Å²) < 4.78 is 67.0. The van der Waals surface area contributed by atoms with Gasteiger partial charge in [0.15, 0.2) is 0 Å². The van der Waals surface area contributed by atoms with Gasteiger partial charge in [-0.05, 0) is 61.6 Å². The molecule has 45 heavy (non-hydrogen) atoms. The van der Waals surface area contributed by atoms with E-state index in [1.165, 1.54) is 6.07 Å². The van der Waals surface area contributed by atoms with Crippen LogP contribution in [0.25, 0.3) is 11.3 Å². The molecule has 240 valence electrons. The number of anilines is 2. The Morgan fingerprint density at radius 2 is 1.78 bits per heavy atom. The Morgan fingerprint density at radius 1 is 1.02 bits per heavy atom. The van der Waals surface area contributed by atoms with Gasteiger partial charge in [0, 0.05) is 55.5 Å². The Bertz CT molecular complexity index is 1560. The first-order chi connectivity index (χ1) is 21.5. The van der Waals surface area contributed by atoms with Gasteiger partial charge in [-0.2, -0.15) is 4.98 Å². The van der Waals surface area contributed by atoms with Crippen LogP contribution >= 0.6 is 0 Å². The Labute approximate surface area is 256 Å². The fourth-order valence-electron chi connectivity index (χ4n) is 6.00. The lowest BCUT2D eigenvalue weighted by Crippen LogP contribution is -2.48. The minimum Gasteiger partial charge on any atom is -0.489 e. The Morgan fingerprint density at radius 3 is 2.49 bits per heavy atom. The van der Waals surface area contributed by atoms with Gasteiger partial charge in [-0.15, -0.1) is 13.2 Å². The van der Waals surface area contributed by atoms with Crippen LogP contribution in [0.4, 0.5) is 29.3 Å². The summed E-state index contributed by atoms with van der Waals surface area (Å²) in [6.07, 6.45) is -2.28. The molecule has 3 aromatic rings. The molecule has 0 radical (unpaired) electrons. The SMILES string of the molecule is Nc1nc2c(c(N3CCN(CCOC4CC(C(=O)O)C4)CC3)n1)CCc1cc(OCc3ccc(OC(F)(F)F)cc3F)ccc1-2. The van der Waals surface area contributed by atoms with Gasteiger partial charge in [0.25, 0.3) is 0 Å². The van der Waals surface area contributed by atoms with E-state index >= 15 is 0 Å². The van der Waals surface area contributed by atoms with Gasteiger partial charge >= 0.3 is 12.3 Å². The predicted molar refractivity (Wildman–Crippen MR) is 155 cm³/mol. The van der Waals surface area contributed by atoms with Crippen molar-refractivity contribution in [2.45, 2.75) is 44.8 Å². The molecule has 1 aliphatic heterocycles. The highest BCUT2D eigenvalue weighted by molar-refractivity contribution is 5.76. The highest BCUT2D eigenvalue weighted by Gasteiger charge is 2.35. The van der Waals surface area contributed by atoms with E-state index in [9.17, 15) is 22.4 Å². The van der Waals surface area contributed by atoms with E-state index in [4.69, 9.17) is 20.3 Å². The number of nitrogens with zero attached hydrogens (tertiary/aromatic N) is 4. The molecule has 2 heterocycles. The van der Waals surface area contributed by atoms with Crippen LogP contribution in [0.3, 0.4) is 0 Å². The minimum absolute atomic E-state index is 0.0407. The molecule has 2 aromatic carbocycles. The van der Waals surface area contributed by atoms with Gasteiger partial charge in [-0.1, -0.05) is 0 Å². The van der Waals surface area contributed by atoms with Gasteiger partial charge < -0.3 is 30.0 Å². The number of halogens is 4. The zero-order chi connectivity index (χ0) is 31.7. The van der Waals surface area contributed by atoms with E-state index in [-0.39, 0.29) is 30.1 Å². The summed E-state index contributed by atoms with van der Waals surface area (Å²) in [5.41, 5.74) is 9.97. The highest BCUT2D eigenvalue weighted by Crippen LogP contribution is 2.39. The number of aliphatic carboxylic acids is 1. The number of piperazine rings is 1. The number of carbonyl (C=O) groups is 1. The quantitative estimate of drug-likeness (QED) is 0.311. The van der Waals surface area contributed by atoms with E-state index in [1.807, 2.05) is 12.1 Å². The maximum absolute atomic E-state index is 14.4. The lowest BCUT2D eigenvalue weighted by molar-refractivity contribution is -0.274. The number of alkyl halides is 3. The molecule has 1 aromatic heterocycles. The summed E-state index contributed by atoms with van der Waals surface area (Å²) in [5.74, 6) is -1.00. The number of carboxylic acid groups (broad SMARTS) is 1.